The van der Waals surface area contributed by atoms with E-state index in [-0.39, 0.29) is 23.5 Å². The molecule has 0 radical (unpaired) electrons. The van der Waals surface area contributed by atoms with Crippen molar-refractivity contribution in [2.24, 2.45) is 5.73 Å². The third-order valence-electron chi connectivity index (χ3n) is 5.25. The van der Waals surface area contributed by atoms with Crippen molar-refractivity contribution in [3.63, 3.8) is 0 Å². The normalized spacial score (nSPS) is 16.3. The molecule has 168 valence electrons. The Bertz CT molecular complexity index is 1250. The van der Waals surface area contributed by atoms with Crippen LogP contribution in [0, 0.1) is 16.2 Å². The van der Waals surface area contributed by atoms with E-state index in [0.29, 0.717) is 39.2 Å². The summed E-state index contributed by atoms with van der Waals surface area (Å²) in [5.74, 6) is 1.23. The maximum atomic E-state index is 8.81. The molecule has 0 saturated carbocycles. The molecule has 1 aromatic carbocycles. The molecule has 33 heavy (non-hydrogen) atoms. The maximum absolute atomic E-state index is 8.81. The summed E-state index contributed by atoms with van der Waals surface area (Å²) < 4.78 is 0. The minimum Gasteiger partial charge on any atom is -0.396 e. The van der Waals surface area contributed by atoms with Crippen molar-refractivity contribution < 1.29 is 0 Å². The average molecular weight is 480 g/mol. The molecule has 3 aromatic rings. The number of amidine groups is 2. The lowest BCUT2D eigenvalue weighted by Gasteiger charge is -2.43. The van der Waals surface area contributed by atoms with Gasteiger partial charge in [-0.25, -0.2) is 15.0 Å². The van der Waals surface area contributed by atoms with Gasteiger partial charge in [-0.15, -0.1) is 11.3 Å². The fourth-order valence-electron chi connectivity index (χ4n) is 3.76. The van der Waals surface area contributed by atoms with Crippen LogP contribution in [0.1, 0.15) is 31.1 Å². The molecule has 1 atom stereocenters. The summed E-state index contributed by atoms with van der Waals surface area (Å²) in [6, 6.07) is 6.94. The Morgan fingerprint density at radius 1 is 1.27 bits per heavy atom. The Labute approximate surface area is 200 Å². The van der Waals surface area contributed by atoms with Crippen molar-refractivity contribution in [3.05, 3.63) is 57.9 Å². The van der Waals surface area contributed by atoms with Gasteiger partial charge in [0, 0.05) is 28.5 Å². The van der Waals surface area contributed by atoms with Crippen molar-refractivity contribution in [2.45, 2.75) is 26.3 Å². The zero-order chi connectivity index (χ0) is 23.7. The minimum atomic E-state index is -0.370. The molecule has 5 N–H and O–H groups in total. The highest BCUT2D eigenvalue weighted by molar-refractivity contribution is 7.10. The molecule has 0 saturated heterocycles. The van der Waals surface area contributed by atoms with E-state index in [9.17, 15) is 0 Å². The van der Waals surface area contributed by atoms with E-state index >= 15 is 0 Å². The zero-order valence-corrected chi connectivity index (χ0v) is 19.6. The smallest absolute Gasteiger partial charge is 0.165 e. The van der Waals surface area contributed by atoms with Gasteiger partial charge < -0.3 is 16.0 Å². The van der Waals surface area contributed by atoms with E-state index in [2.05, 4.69) is 9.97 Å². The summed E-state index contributed by atoms with van der Waals surface area (Å²) in [7, 11) is 0. The van der Waals surface area contributed by atoms with E-state index in [0.717, 1.165) is 11.9 Å². The summed E-state index contributed by atoms with van der Waals surface area (Å²) in [5.41, 5.74) is 8.27. The number of fused-ring (bicyclic) bond motifs is 1. The van der Waals surface area contributed by atoms with E-state index in [1.165, 1.54) is 16.2 Å². The van der Waals surface area contributed by atoms with Gasteiger partial charge in [-0.05, 0) is 37.6 Å². The standard InChI is InChI=1S/C22H22ClN9S/c1-3-16-19(27)31(12(2)25)17-11-29-20(15(10-24)18(26)22-28-8-9-33-22)30-21(17)32(16)14-6-4-13(23)5-7-14/h4-11,16,24-25,27H,3,26H2,1-2H3/b18-15+,24-10?,25-12?,27-19?. The largest absolute Gasteiger partial charge is 0.396 e. The first-order chi connectivity index (χ1) is 15.9. The summed E-state index contributed by atoms with van der Waals surface area (Å²) >= 11 is 7.48. The predicted octanol–water partition coefficient (Wildman–Crippen LogP) is 4.77. The Balaban J connectivity index is 1.96. The Hall–Kier alpha value is -3.63. The number of anilines is 3. The number of hydrogen-bond donors (Lipinski definition) is 4. The molecule has 0 aliphatic carbocycles. The van der Waals surface area contributed by atoms with Gasteiger partial charge in [-0.1, -0.05) is 18.5 Å². The average Bonchev–Trinajstić information content (AvgIpc) is 3.34. The second-order valence-electron chi connectivity index (χ2n) is 7.29. The summed E-state index contributed by atoms with van der Waals surface area (Å²) in [6.45, 7) is 3.61. The highest BCUT2D eigenvalue weighted by Crippen LogP contribution is 2.41. The van der Waals surface area contributed by atoms with Gasteiger partial charge in [-0.3, -0.25) is 15.7 Å². The molecular formula is C22H22ClN9S. The number of rotatable bonds is 5. The number of nitrogens with one attached hydrogen (secondary N) is 3. The van der Waals surface area contributed by atoms with Crippen LogP contribution < -0.4 is 15.5 Å². The van der Waals surface area contributed by atoms with E-state index < -0.39 is 0 Å². The topological polar surface area (TPSA) is 143 Å². The summed E-state index contributed by atoms with van der Waals surface area (Å²) in [5, 5.41) is 28.0. The van der Waals surface area contributed by atoms with Crippen LogP contribution in [0.25, 0.3) is 11.3 Å². The SMILES string of the molecule is CCC1C(=N)N(C(C)=N)c2cnc(/C(C=N)=C(/N)c3nccs3)nc2N1c1ccc(Cl)cc1. The Morgan fingerprint density at radius 2 is 2.00 bits per heavy atom. The number of allylic oxidation sites excluding steroid dienone is 1. The summed E-state index contributed by atoms with van der Waals surface area (Å²) in [4.78, 5) is 17.0. The fraction of sp³-hybridized carbons (Fsp3) is 0.182. The van der Waals surface area contributed by atoms with Crippen LogP contribution in [-0.2, 0) is 0 Å². The molecule has 0 spiro atoms. The molecular weight excluding hydrogens is 458 g/mol. The molecule has 0 fully saturated rings. The van der Waals surface area contributed by atoms with Crippen molar-refractivity contribution in [1.29, 1.82) is 16.2 Å². The molecule has 4 rings (SSSR count). The second-order valence-corrected chi connectivity index (χ2v) is 8.62. The summed E-state index contributed by atoms with van der Waals surface area (Å²) in [6.07, 6.45) is 4.94. The van der Waals surface area contributed by atoms with Crippen molar-refractivity contribution in [2.75, 3.05) is 9.80 Å². The van der Waals surface area contributed by atoms with Crippen molar-refractivity contribution in [3.8, 4) is 0 Å². The van der Waals surface area contributed by atoms with Gasteiger partial charge in [0.05, 0.1) is 23.5 Å². The van der Waals surface area contributed by atoms with Gasteiger partial charge >= 0.3 is 0 Å². The number of nitrogens with zero attached hydrogens (tertiary/aromatic N) is 5. The lowest BCUT2D eigenvalue weighted by Crippen LogP contribution is -2.53. The molecule has 9 nitrogen and oxygen atoms in total. The highest BCUT2D eigenvalue weighted by atomic mass is 35.5. The van der Waals surface area contributed by atoms with E-state index in [1.54, 1.807) is 31.5 Å². The molecule has 2 aromatic heterocycles. The first-order valence-electron chi connectivity index (χ1n) is 10.1. The van der Waals surface area contributed by atoms with Crippen LogP contribution in [0.2, 0.25) is 5.02 Å². The van der Waals surface area contributed by atoms with Crippen LogP contribution >= 0.6 is 22.9 Å². The van der Waals surface area contributed by atoms with E-state index in [1.807, 2.05) is 29.3 Å². The van der Waals surface area contributed by atoms with Crippen LogP contribution in [0.15, 0.2) is 42.0 Å². The molecule has 1 unspecified atom stereocenters. The van der Waals surface area contributed by atoms with Gasteiger partial charge in [-0.2, -0.15) is 0 Å². The number of halogens is 1. The van der Waals surface area contributed by atoms with Crippen LogP contribution in [0.4, 0.5) is 17.2 Å². The number of aromatic nitrogens is 3. The van der Waals surface area contributed by atoms with Crippen LogP contribution in [-0.4, -0.2) is 38.9 Å². The number of nitrogens with two attached hydrogens (primary N) is 1. The molecule has 1 aliphatic rings. The van der Waals surface area contributed by atoms with Gasteiger partial charge in [0.15, 0.2) is 11.6 Å². The van der Waals surface area contributed by atoms with Crippen molar-refractivity contribution >= 4 is 69.3 Å². The predicted molar refractivity (Wildman–Crippen MR) is 135 cm³/mol. The van der Waals surface area contributed by atoms with Crippen molar-refractivity contribution in [1.82, 2.24) is 15.0 Å². The third kappa shape index (κ3) is 3.98. The van der Waals surface area contributed by atoms with Gasteiger partial charge in [0.2, 0.25) is 0 Å². The molecule has 1 aliphatic heterocycles. The van der Waals surface area contributed by atoms with E-state index in [4.69, 9.17) is 38.5 Å². The highest BCUT2D eigenvalue weighted by Gasteiger charge is 2.38. The Kier molecular flexibility index (Phi) is 6.21. The van der Waals surface area contributed by atoms with Gasteiger partial charge in [0.1, 0.15) is 22.4 Å². The first-order valence-corrected chi connectivity index (χ1v) is 11.4. The molecule has 0 amide bonds. The van der Waals surface area contributed by atoms with Gasteiger partial charge in [0.25, 0.3) is 0 Å². The first kappa shape index (κ1) is 22.6. The quantitative estimate of drug-likeness (QED) is 0.306. The monoisotopic (exact) mass is 479 g/mol. The number of benzene rings is 1. The fourth-order valence-corrected chi connectivity index (χ4v) is 4.49. The third-order valence-corrected chi connectivity index (χ3v) is 6.31. The lowest BCUT2D eigenvalue weighted by molar-refractivity contribution is 0.746. The number of thiazole rings is 1. The second kappa shape index (κ2) is 9.08. The Morgan fingerprint density at radius 3 is 2.58 bits per heavy atom. The lowest BCUT2D eigenvalue weighted by atomic mass is 10.0. The minimum absolute atomic E-state index is 0.192. The molecule has 11 heteroatoms. The van der Waals surface area contributed by atoms with Crippen LogP contribution in [0.3, 0.4) is 0 Å². The molecule has 3 heterocycles. The maximum Gasteiger partial charge on any atom is 0.165 e. The zero-order valence-electron chi connectivity index (χ0n) is 18.0. The van der Waals surface area contributed by atoms with Crippen LogP contribution in [0.5, 0.6) is 0 Å². The number of hydrogen-bond acceptors (Lipinski definition) is 9. The molecule has 0 bridgehead atoms.